The maximum Gasteiger partial charge on any atom is 0.227 e. The molecule has 2 amide bonds. The Hall–Kier alpha value is -1.10. The predicted octanol–water partition coefficient (Wildman–Crippen LogP) is 0.0636. The number of nitrogens with zero attached hydrogens (tertiary/aromatic N) is 2. The van der Waals surface area contributed by atoms with Crippen LogP contribution >= 0.6 is 0 Å². The predicted molar refractivity (Wildman–Crippen MR) is 69.0 cm³/mol. The molecule has 102 valence electrons. The Labute approximate surface area is 108 Å². The zero-order chi connectivity index (χ0) is 13.3. The topological polar surface area (TPSA) is 52.7 Å². The van der Waals surface area contributed by atoms with Crippen molar-refractivity contribution in [2.75, 3.05) is 26.2 Å². The van der Waals surface area contributed by atoms with Gasteiger partial charge >= 0.3 is 0 Å². The van der Waals surface area contributed by atoms with E-state index in [0.717, 1.165) is 26.1 Å². The van der Waals surface area contributed by atoms with Gasteiger partial charge in [0.1, 0.15) is 0 Å². The van der Waals surface area contributed by atoms with Crippen molar-refractivity contribution in [3.05, 3.63) is 0 Å². The van der Waals surface area contributed by atoms with Crippen LogP contribution in [0.5, 0.6) is 0 Å². The van der Waals surface area contributed by atoms with Crippen molar-refractivity contribution < 1.29 is 9.59 Å². The van der Waals surface area contributed by atoms with Crippen LogP contribution in [0.25, 0.3) is 0 Å². The number of rotatable bonds is 1. The molecule has 0 saturated carbocycles. The van der Waals surface area contributed by atoms with Crippen molar-refractivity contribution in [3.63, 3.8) is 0 Å². The summed E-state index contributed by atoms with van der Waals surface area (Å²) in [4.78, 5) is 27.4. The van der Waals surface area contributed by atoms with Crippen LogP contribution in [0.15, 0.2) is 0 Å². The highest BCUT2D eigenvalue weighted by Gasteiger charge is 2.34. The van der Waals surface area contributed by atoms with Gasteiger partial charge in [-0.25, -0.2) is 0 Å². The smallest absolute Gasteiger partial charge is 0.227 e. The SMILES string of the molecule is CC(=O)N1CCC(C(=O)N2CC(C)NC(C)C2)C1. The normalized spacial score (nSPS) is 32.7. The van der Waals surface area contributed by atoms with Gasteiger partial charge in [0.15, 0.2) is 0 Å². The second-order valence-corrected chi connectivity index (χ2v) is 5.66. The van der Waals surface area contributed by atoms with Gasteiger partial charge in [-0.05, 0) is 20.3 Å². The molecule has 3 atom stereocenters. The number of hydrogen-bond acceptors (Lipinski definition) is 3. The lowest BCUT2D eigenvalue weighted by molar-refractivity contribution is -0.137. The molecule has 2 rings (SSSR count). The van der Waals surface area contributed by atoms with E-state index < -0.39 is 0 Å². The van der Waals surface area contributed by atoms with Gasteiger partial charge < -0.3 is 15.1 Å². The van der Waals surface area contributed by atoms with Crippen LogP contribution in [-0.4, -0.2) is 59.9 Å². The van der Waals surface area contributed by atoms with E-state index in [0.29, 0.717) is 18.6 Å². The highest BCUT2D eigenvalue weighted by Crippen LogP contribution is 2.20. The molecule has 0 aliphatic carbocycles. The molecule has 0 aromatic rings. The summed E-state index contributed by atoms with van der Waals surface area (Å²) in [5, 5.41) is 3.42. The third kappa shape index (κ3) is 2.83. The molecule has 2 heterocycles. The number of nitrogens with one attached hydrogen (secondary N) is 1. The summed E-state index contributed by atoms with van der Waals surface area (Å²) in [7, 11) is 0. The molecule has 2 aliphatic rings. The summed E-state index contributed by atoms with van der Waals surface area (Å²) in [6.45, 7) is 8.66. The van der Waals surface area contributed by atoms with E-state index in [9.17, 15) is 9.59 Å². The van der Waals surface area contributed by atoms with E-state index >= 15 is 0 Å². The molecule has 0 aromatic heterocycles. The van der Waals surface area contributed by atoms with E-state index in [4.69, 9.17) is 0 Å². The first-order chi connectivity index (χ1) is 8.47. The number of likely N-dealkylation sites (tertiary alicyclic amines) is 1. The van der Waals surface area contributed by atoms with E-state index in [1.165, 1.54) is 0 Å². The monoisotopic (exact) mass is 253 g/mol. The third-order valence-electron chi connectivity index (χ3n) is 3.85. The zero-order valence-corrected chi connectivity index (χ0v) is 11.5. The van der Waals surface area contributed by atoms with E-state index in [1.807, 2.05) is 4.90 Å². The summed E-state index contributed by atoms with van der Waals surface area (Å²) in [5.74, 6) is 0.303. The van der Waals surface area contributed by atoms with E-state index in [1.54, 1.807) is 11.8 Å². The van der Waals surface area contributed by atoms with Crippen molar-refractivity contribution in [1.82, 2.24) is 15.1 Å². The third-order valence-corrected chi connectivity index (χ3v) is 3.85. The summed E-state index contributed by atoms with van der Waals surface area (Å²) in [6.07, 6.45) is 0.811. The molecular formula is C13H23N3O2. The van der Waals surface area contributed by atoms with Gasteiger partial charge in [-0.1, -0.05) is 0 Å². The molecule has 0 aromatic carbocycles. The van der Waals surface area contributed by atoms with Crippen molar-refractivity contribution >= 4 is 11.8 Å². The Bertz CT molecular complexity index is 335. The number of carbonyl (C=O) groups excluding carboxylic acids is 2. The van der Waals surface area contributed by atoms with Crippen LogP contribution in [0.2, 0.25) is 0 Å². The first kappa shape index (κ1) is 13.3. The Morgan fingerprint density at radius 3 is 2.17 bits per heavy atom. The standard InChI is InChI=1S/C13H23N3O2/c1-9-6-16(7-10(2)14-9)13(18)12-4-5-15(8-12)11(3)17/h9-10,12,14H,4-8H2,1-3H3. The second-order valence-electron chi connectivity index (χ2n) is 5.66. The molecule has 2 saturated heterocycles. The lowest BCUT2D eigenvalue weighted by Crippen LogP contribution is -2.57. The van der Waals surface area contributed by atoms with Crippen LogP contribution in [0, 0.1) is 5.92 Å². The van der Waals surface area contributed by atoms with Gasteiger partial charge in [-0.15, -0.1) is 0 Å². The molecule has 5 nitrogen and oxygen atoms in total. The second kappa shape index (κ2) is 5.26. The molecule has 1 N–H and O–H groups in total. The molecule has 2 aliphatic heterocycles. The van der Waals surface area contributed by atoms with Gasteiger partial charge in [0.05, 0.1) is 5.92 Å². The average molecular weight is 253 g/mol. The van der Waals surface area contributed by atoms with Crippen LogP contribution in [0.4, 0.5) is 0 Å². The summed E-state index contributed by atoms with van der Waals surface area (Å²) < 4.78 is 0. The van der Waals surface area contributed by atoms with Crippen LogP contribution < -0.4 is 5.32 Å². The van der Waals surface area contributed by atoms with Crippen LogP contribution in [-0.2, 0) is 9.59 Å². The minimum atomic E-state index is 0.00593. The van der Waals surface area contributed by atoms with Gasteiger partial charge in [0.2, 0.25) is 11.8 Å². The summed E-state index contributed by atoms with van der Waals surface area (Å²) >= 11 is 0. The minimum Gasteiger partial charge on any atom is -0.342 e. The number of piperazine rings is 1. The lowest BCUT2D eigenvalue weighted by Gasteiger charge is -2.37. The largest absolute Gasteiger partial charge is 0.342 e. The lowest BCUT2D eigenvalue weighted by atomic mass is 10.0. The highest BCUT2D eigenvalue weighted by atomic mass is 16.2. The molecule has 2 fully saturated rings. The fourth-order valence-corrected chi connectivity index (χ4v) is 3.01. The minimum absolute atomic E-state index is 0.00593. The molecule has 3 unspecified atom stereocenters. The van der Waals surface area contributed by atoms with Crippen molar-refractivity contribution in [3.8, 4) is 0 Å². The van der Waals surface area contributed by atoms with E-state index in [-0.39, 0.29) is 17.7 Å². The van der Waals surface area contributed by atoms with Crippen molar-refractivity contribution in [1.29, 1.82) is 0 Å². The number of amides is 2. The van der Waals surface area contributed by atoms with Gasteiger partial charge in [-0.3, -0.25) is 9.59 Å². The fraction of sp³-hybridized carbons (Fsp3) is 0.846. The quantitative estimate of drug-likeness (QED) is 0.719. The van der Waals surface area contributed by atoms with Crippen molar-refractivity contribution in [2.45, 2.75) is 39.3 Å². The average Bonchev–Trinajstić information content (AvgIpc) is 2.75. The maximum atomic E-state index is 12.4. The van der Waals surface area contributed by atoms with Gasteiger partial charge in [-0.2, -0.15) is 0 Å². The number of carbonyl (C=O) groups is 2. The van der Waals surface area contributed by atoms with Gasteiger partial charge in [0.25, 0.3) is 0 Å². The summed E-state index contributed by atoms with van der Waals surface area (Å²) in [5.41, 5.74) is 0. The summed E-state index contributed by atoms with van der Waals surface area (Å²) in [6, 6.07) is 0.700. The molecule has 18 heavy (non-hydrogen) atoms. The number of hydrogen-bond donors (Lipinski definition) is 1. The fourth-order valence-electron chi connectivity index (χ4n) is 3.01. The Balaban J connectivity index is 1.93. The molecule has 5 heteroatoms. The van der Waals surface area contributed by atoms with Crippen molar-refractivity contribution in [2.24, 2.45) is 5.92 Å². The maximum absolute atomic E-state index is 12.4. The van der Waals surface area contributed by atoms with Crippen LogP contribution in [0.1, 0.15) is 27.2 Å². The van der Waals surface area contributed by atoms with Gasteiger partial charge in [0, 0.05) is 45.2 Å². The molecule has 0 bridgehead atoms. The van der Waals surface area contributed by atoms with E-state index in [2.05, 4.69) is 19.2 Å². The Morgan fingerprint density at radius 2 is 1.67 bits per heavy atom. The first-order valence-electron chi connectivity index (χ1n) is 6.77. The zero-order valence-electron chi connectivity index (χ0n) is 11.5. The highest BCUT2D eigenvalue weighted by molar-refractivity contribution is 5.81. The molecule has 0 radical (unpaired) electrons. The molecule has 0 spiro atoms. The first-order valence-corrected chi connectivity index (χ1v) is 6.77. The van der Waals surface area contributed by atoms with Crippen LogP contribution in [0.3, 0.4) is 0 Å². The Kier molecular flexibility index (Phi) is 3.90. The molecular weight excluding hydrogens is 230 g/mol. The Morgan fingerprint density at radius 1 is 1.06 bits per heavy atom.